The van der Waals surface area contributed by atoms with Crippen LogP contribution in [-0.2, 0) is 6.42 Å². The molecule has 0 saturated carbocycles. The summed E-state index contributed by atoms with van der Waals surface area (Å²) in [4.78, 5) is 5.79. The monoisotopic (exact) mass is 266 g/mol. The van der Waals surface area contributed by atoms with Gasteiger partial charge in [-0.15, -0.1) is 0 Å². The van der Waals surface area contributed by atoms with Crippen molar-refractivity contribution in [2.75, 3.05) is 18.0 Å². The van der Waals surface area contributed by atoms with E-state index in [4.69, 9.17) is 0 Å². The van der Waals surface area contributed by atoms with Crippen LogP contribution in [0.1, 0.15) is 37.3 Å². The molecule has 3 heteroatoms. The van der Waals surface area contributed by atoms with Gasteiger partial charge in [0.05, 0.1) is 13.1 Å². The minimum absolute atomic E-state index is 0.757. The summed E-state index contributed by atoms with van der Waals surface area (Å²) in [6.45, 7) is 4.24. The van der Waals surface area contributed by atoms with E-state index in [1.54, 1.807) is 0 Å². The van der Waals surface area contributed by atoms with Crippen molar-refractivity contribution in [3.05, 3.63) is 35.4 Å². The molecule has 0 atom stereocenters. The van der Waals surface area contributed by atoms with E-state index in [1.807, 2.05) is 6.07 Å². The number of benzene rings is 1. The number of aryl methyl sites for hydroxylation is 1. The molecule has 1 aliphatic rings. The quantitative estimate of drug-likeness (QED) is 0.838. The van der Waals surface area contributed by atoms with Crippen LogP contribution in [0.15, 0.2) is 24.3 Å². The lowest BCUT2D eigenvalue weighted by atomic mass is 10.1. The Hall–Kier alpha value is -2.08. The van der Waals surface area contributed by atoms with Crippen LogP contribution in [0, 0.1) is 11.3 Å². The second-order valence-electron chi connectivity index (χ2n) is 5.47. The van der Waals surface area contributed by atoms with E-state index >= 15 is 0 Å². The Morgan fingerprint density at radius 1 is 1.20 bits per heavy atom. The van der Waals surface area contributed by atoms with Crippen molar-refractivity contribution < 1.29 is 4.98 Å². The van der Waals surface area contributed by atoms with Crippen LogP contribution in [0.5, 0.6) is 0 Å². The second-order valence-corrected chi connectivity index (χ2v) is 5.47. The van der Waals surface area contributed by atoms with Gasteiger partial charge < -0.3 is 0 Å². The Morgan fingerprint density at radius 3 is 2.70 bits per heavy atom. The number of piperidine rings is 1. The fraction of sp³-hybridized carbons (Fsp3) is 0.412. The molecule has 2 heterocycles. The number of nitrogens with zero attached hydrogens (tertiary/aromatic N) is 2. The van der Waals surface area contributed by atoms with Gasteiger partial charge in [0, 0.05) is 5.39 Å². The molecule has 20 heavy (non-hydrogen) atoms. The lowest BCUT2D eigenvalue weighted by Gasteiger charge is -2.21. The van der Waals surface area contributed by atoms with E-state index in [1.165, 1.54) is 24.8 Å². The molecule has 1 aromatic carbocycles. The standard InChI is InChI=1S/C17H19N3/c1-2-13-6-7-16-14(10-13)11-15(12-18)17(19-16)20-8-4-3-5-9-20/h6-7,10-11H,2-5,8-9H2,1H3/p+1. The number of aromatic amines is 1. The van der Waals surface area contributed by atoms with Crippen molar-refractivity contribution in [2.45, 2.75) is 32.6 Å². The van der Waals surface area contributed by atoms with Crippen molar-refractivity contribution in [1.29, 1.82) is 5.26 Å². The summed E-state index contributed by atoms with van der Waals surface area (Å²) in [7, 11) is 0. The molecular weight excluding hydrogens is 246 g/mol. The predicted molar refractivity (Wildman–Crippen MR) is 80.7 cm³/mol. The lowest BCUT2D eigenvalue weighted by molar-refractivity contribution is -0.331. The van der Waals surface area contributed by atoms with E-state index in [9.17, 15) is 5.26 Å². The number of hydrogen-bond donors (Lipinski definition) is 0. The molecule has 1 N–H and O–H groups in total. The van der Waals surface area contributed by atoms with Gasteiger partial charge in [-0.05, 0) is 49.4 Å². The zero-order valence-corrected chi connectivity index (χ0v) is 11.9. The average molecular weight is 266 g/mol. The van der Waals surface area contributed by atoms with Crippen LogP contribution in [0.2, 0.25) is 0 Å². The van der Waals surface area contributed by atoms with E-state index in [2.05, 4.69) is 41.1 Å². The van der Waals surface area contributed by atoms with Gasteiger partial charge in [-0.2, -0.15) is 5.26 Å². The molecule has 0 unspecified atom stereocenters. The Labute approximate surface area is 119 Å². The highest BCUT2D eigenvalue weighted by atomic mass is 15.2. The van der Waals surface area contributed by atoms with Crippen molar-refractivity contribution in [1.82, 2.24) is 0 Å². The number of nitriles is 1. The number of rotatable bonds is 2. The Morgan fingerprint density at radius 2 is 2.00 bits per heavy atom. The molecule has 0 amide bonds. The molecular formula is C17H20N3+. The smallest absolute Gasteiger partial charge is 0.261 e. The van der Waals surface area contributed by atoms with Gasteiger partial charge in [-0.3, -0.25) is 4.90 Å². The highest BCUT2D eigenvalue weighted by Gasteiger charge is 2.23. The first-order valence-electron chi connectivity index (χ1n) is 7.46. The molecule has 0 spiro atoms. The molecule has 0 bridgehead atoms. The summed E-state index contributed by atoms with van der Waals surface area (Å²) >= 11 is 0. The first kappa shape index (κ1) is 12.9. The predicted octanol–water partition coefficient (Wildman–Crippen LogP) is 3.08. The number of anilines is 1. The van der Waals surface area contributed by atoms with Crippen LogP contribution in [-0.4, -0.2) is 13.1 Å². The molecule has 1 fully saturated rings. The average Bonchev–Trinajstić information content (AvgIpc) is 2.53. The number of pyridine rings is 1. The first-order chi connectivity index (χ1) is 9.81. The molecule has 0 radical (unpaired) electrons. The summed E-state index contributed by atoms with van der Waals surface area (Å²) in [5.41, 5.74) is 3.18. The maximum atomic E-state index is 9.44. The van der Waals surface area contributed by atoms with Gasteiger partial charge in [-0.1, -0.05) is 13.0 Å². The second kappa shape index (κ2) is 5.50. The van der Waals surface area contributed by atoms with Gasteiger partial charge in [0.2, 0.25) is 0 Å². The highest BCUT2D eigenvalue weighted by Crippen LogP contribution is 2.23. The number of nitrogens with one attached hydrogen (secondary N) is 1. The van der Waals surface area contributed by atoms with Crippen molar-refractivity contribution >= 4 is 16.7 Å². The van der Waals surface area contributed by atoms with Gasteiger partial charge in [0.25, 0.3) is 5.82 Å². The number of hydrogen-bond acceptors (Lipinski definition) is 2. The molecule has 1 aromatic heterocycles. The third-order valence-corrected chi connectivity index (χ3v) is 4.12. The fourth-order valence-corrected chi connectivity index (χ4v) is 2.94. The summed E-state index contributed by atoms with van der Waals surface area (Å²) in [5.74, 6) is 0.990. The van der Waals surface area contributed by atoms with Gasteiger partial charge in [0.15, 0.2) is 0 Å². The summed E-state index contributed by atoms with van der Waals surface area (Å²) in [6, 6.07) is 10.8. The van der Waals surface area contributed by atoms with Crippen LogP contribution < -0.4 is 9.88 Å². The van der Waals surface area contributed by atoms with Crippen molar-refractivity contribution in [2.24, 2.45) is 0 Å². The van der Waals surface area contributed by atoms with E-state index < -0.39 is 0 Å². The van der Waals surface area contributed by atoms with Crippen molar-refractivity contribution in [3.63, 3.8) is 0 Å². The molecule has 102 valence electrons. The van der Waals surface area contributed by atoms with E-state index in [-0.39, 0.29) is 0 Å². The van der Waals surface area contributed by atoms with Crippen LogP contribution in [0.4, 0.5) is 5.82 Å². The minimum atomic E-state index is 0.757. The maximum Gasteiger partial charge on any atom is 0.293 e. The largest absolute Gasteiger partial charge is 0.293 e. The Bertz CT molecular complexity index is 664. The van der Waals surface area contributed by atoms with E-state index in [0.717, 1.165) is 41.8 Å². The summed E-state index contributed by atoms with van der Waals surface area (Å²) in [5, 5.41) is 10.6. The Balaban J connectivity index is 2.09. The van der Waals surface area contributed by atoms with Crippen molar-refractivity contribution in [3.8, 4) is 6.07 Å². The maximum absolute atomic E-state index is 9.44. The molecule has 2 aromatic rings. The van der Waals surface area contributed by atoms with E-state index in [0.29, 0.717) is 0 Å². The molecule has 3 nitrogen and oxygen atoms in total. The highest BCUT2D eigenvalue weighted by molar-refractivity contribution is 5.79. The summed E-state index contributed by atoms with van der Waals surface area (Å²) < 4.78 is 0. The number of H-pyrrole nitrogens is 1. The molecule has 1 aliphatic heterocycles. The van der Waals surface area contributed by atoms with Crippen LogP contribution in [0.25, 0.3) is 10.9 Å². The minimum Gasteiger partial charge on any atom is -0.261 e. The summed E-state index contributed by atoms with van der Waals surface area (Å²) in [6.07, 6.45) is 4.74. The number of fused-ring (bicyclic) bond motifs is 1. The molecule has 1 saturated heterocycles. The zero-order chi connectivity index (χ0) is 13.9. The third kappa shape index (κ3) is 2.34. The fourth-order valence-electron chi connectivity index (χ4n) is 2.94. The van der Waals surface area contributed by atoms with Crippen LogP contribution in [0.3, 0.4) is 0 Å². The zero-order valence-electron chi connectivity index (χ0n) is 11.9. The lowest BCUT2D eigenvalue weighted by Crippen LogP contribution is -2.35. The van der Waals surface area contributed by atoms with Gasteiger partial charge in [-0.25, -0.2) is 4.98 Å². The SMILES string of the molecule is CCc1ccc2[nH+]c(N3CCCCC3)c(C#N)cc2c1. The topological polar surface area (TPSA) is 41.2 Å². The third-order valence-electron chi connectivity index (χ3n) is 4.12. The number of aromatic nitrogens is 1. The normalized spacial score (nSPS) is 15.3. The van der Waals surface area contributed by atoms with Gasteiger partial charge in [0.1, 0.15) is 17.1 Å². The Kier molecular flexibility index (Phi) is 3.56. The first-order valence-corrected chi connectivity index (χ1v) is 7.46. The van der Waals surface area contributed by atoms with Crippen LogP contribution >= 0.6 is 0 Å². The molecule has 3 rings (SSSR count). The van der Waals surface area contributed by atoms with Gasteiger partial charge >= 0.3 is 0 Å². The molecule has 0 aliphatic carbocycles.